The lowest BCUT2D eigenvalue weighted by molar-refractivity contribution is 0.0556. The molecule has 0 radical (unpaired) electrons. The summed E-state index contributed by atoms with van der Waals surface area (Å²) in [5, 5.41) is 8.96. The number of aliphatic hydroxyl groups is 1. The quantitative estimate of drug-likeness (QED) is 0.784. The van der Waals surface area contributed by atoms with Gasteiger partial charge in [0.15, 0.2) is 0 Å². The van der Waals surface area contributed by atoms with E-state index in [2.05, 4.69) is 4.98 Å². The Balaban J connectivity index is 2.35. The number of aromatic nitrogens is 1. The summed E-state index contributed by atoms with van der Waals surface area (Å²) in [6.07, 6.45) is 3.97. The molecule has 0 aromatic carbocycles. The lowest BCUT2D eigenvalue weighted by Crippen LogP contribution is -2.40. The van der Waals surface area contributed by atoms with E-state index >= 15 is 0 Å². The first-order valence-electron chi connectivity index (χ1n) is 5.63. The van der Waals surface area contributed by atoms with Crippen LogP contribution in [0.5, 0.6) is 0 Å². The molecule has 5 heteroatoms. The number of carbonyl (C=O) groups excluding carboxylic acids is 2. The van der Waals surface area contributed by atoms with Crippen LogP contribution in [0.3, 0.4) is 0 Å². The van der Waals surface area contributed by atoms with Crippen LogP contribution in [0.1, 0.15) is 40.5 Å². The van der Waals surface area contributed by atoms with Crippen molar-refractivity contribution in [1.82, 2.24) is 9.88 Å². The van der Waals surface area contributed by atoms with Gasteiger partial charge >= 0.3 is 0 Å². The second kappa shape index (κ2) is 4.63. The molecule has 1 N–H and O–H groups in total. The number of pyridine rings is 1. The topological polar surface area (TPSA) is 70.5 Å². The Hall–Kier alpha value is -1.75. The van der Waals surface area contributed by atoms with Gasteiger partial charge in [0, 0.05) is 25.0 Å². The fraction of sp³-hybridized carbons (Fsp3) is 0.417. The number of rotatable bonds is 4. The van der Waals surface area contributed by atoms with Gasteiger partial charge in [0.05, 0.1) is 11.1 Å². The van der Waals surface area contributed by atoms with Crippen molar-refractivity contribution < 1.29 is 14.7 Å². The summed E-state index contributed by atoms with van der Waals surface area (Å²) in [6.45, 7) is 1.85. The van der Waals surface area contributed by atoms with Crippen LogP contribution in [0, 0.1) is 0 Å². The largest absolute Gasteiger partial charge is 0.396 e. The van der Waals surface area contributed by atoms with Gasteiger partial charge in [0.1, 0.15) is 0 Å². The monoisotopic (exact) mass is 234 g/mol. The summed E-state index contributed by atoms with van der Waals surface area (Å²) in [5.74, 6) is -0.592. The maximum absolute atomic E-state index is 12.1. The Morgan fingerprint density at radius 3 is 2.65 bits per heavy atom. The summed E-state index contributed by atoms with van der Waals surface area (Å²) in [5.41, 5.74) is 0.760. The van der Waals surface area contributed by atoms with Crippen LogP contribution in [0.4, 0.5) is 0 Å². The lowest BCUT2D eigenvalue weighted by Gasteiger charge is -2.24. The third kappa shape index (κ3) is 1.82. The Morgan fingerprint density at radius 2 is 2.06 bits per heavy atom. The van der Waals surface area contributed by atoms with Gasteiger partial charge in [-0.15, -0.1) is 0 Å². The van der Waals surface area contributed by atoms with E-state index in [0.717, 1.165) is 0 Å². The highest BCUT2D eigenvalue weighted by atomic mass is 16.3. The van der Waals surface area contributed by atoms with Gasteiger partial charge in [-0.05, 0) is 18.9 Å². The summed E-state index contributed by atoms with van der Waals surface area (Å²) < 4.78 is 0. The molecule has 0 fully saturated rings. The molecule has 0 bridgehead atoms. The lowest BCUT2D eigenvalue weighted by atomic mass is 10.1. The zero-order valence-electron chi connectivity index (χ0n) is 9.59. The van der Waals surface area contributed by atoms with E-state index in [1.165, 1.54) is 17.3 Å². The molecule has 2 amide bonds. The Morgan fingerprint density at radius 1 is 1.35 bits per heavy atom. The highest BCUT2D eigenvalue weighted by molar-refractivity contribution is 6.21. The number of imide groups is 1. The molecule has 0 aliphatic carbocycles. The molecular formula is C12H14N2O3. The van der Waals surface area contributed by atoms with Crippen LogP contribution < -0.4 is 0 Å². The molecular weight excluding hydrogens is 220 g/mol. The molecule has 0 spiro atoms. The molecule has 5 nitrogen and oxygen atoms in total. The Labute approximate surface area is 99.1 Å². The predicted molar refractivity (Wildman–Crippen MR) is 60.5 cm³/mol. The minimum Gasteiger partial charge on any atom is -0.396 e. The van der Waals surface area contributed by atoms with Crippen molar-refractivity contribution in [2.45, 2.75) is 25.8 Å². The van der Waals surface area contributed by atoms with E-state index in [9.17, 15) is 9.59 Å². The summed E-state index contributed by atoms with van der Waals surface area (Å²) in [4.78, 5) is 29.2. The minimum absolute atomic E-state index is 0.0375. The molecule has 1 aromatic rings. The average Bonchev–Trinajstić information content (AvgIpc) is 2.61. The van der Waals surface area contributed by atoms with Gasteiger partial charge in [-0.2, -0.15) is 0 Å². The van der Waals surface area contributed by atoms with Gasteiger partial charge in [0.2, 0.25) is 0 Å². The fourth-order valence-electron chi connectivity index (χ4n) is 2.10. The summed E-state index contributed by atoms with van der Waals surface area (Å²) in [7, 11) is 0. The molecule has 2 heterocycles. The maximum Gasteiger partial charge on any atom is 0.263 e. The second-order valence-electron chi connectivity index (χ2n) is 3.98. The predicted octanol–water partition coefficient (Wildman–Crippen LogP) is 0.839. The van der Waals surface area contributed by atoms with Crippen LogP contribution in [-0.2, 0) is 0 Å². The SMILES string of the molecule is CCC(CCO)N1C(=O)c2ccncc2C1=O. The third-order valence-electron chi connectivity index (χ3n) is 3.02. The van der Waals surface area contributed by atoms with Crippen LogP contribution in [0.2, 0.25) is 0 Å². The van der Waals surface area contributed by atoms with Crippen molar-refractivity contribution in [3.05, 3.63) is 29.6 Å². The van der Waals surface area contributed by atoms with Gasteiger partial charge in [-0.3, -0.25) is 19.5 Å². The van der Waals surface area contributed by atoms with Crippen LogP contribution >= 0.6 is 0 Å². The normalized spacial score (nSPS) is 16.2. The molecule has 1 aromatic heterocycles. The average molecular weight is 234 g/mol. The molecule has 2 rings (SSSR count). The first kappa shape index (κ1) is 11.7. The highest BCUT2D eigenvalue weighted by Gasteiger charge is 2.39. The number of hydrogen-bond acceptors (Lipinski definition) is 4. The van der Waals surface area contributed by atoms with E-state index in [4.69, 9.17) is 5.11 Å². The van der Waals surface area contributed by atoms with Crippen LogP contribution in [0.25, 0.3) is 0 Å². The van der Waals surface area contributed by atoms with Crippen LogP contribution in [0.15, 0.2) is 18.5 Å². The van der Waals surface area contributed by atoms with Crippen molar-refractivity contribution in [1.29, 1.82) is 0 Å². The standard InChI is InChI=1S/C12H14N2O3/c1-2-8(4-6-15)14-11(16)9-3-5-13-7-10(9)12(14)17/h3,5,7-8,15H,2,4,6H2,1H3. The Kier molecular flexibility index (Phi) is 3.19. The molecule has 0 saturated carbocycles. The smallest absolute Gasteiger partial charge is 0.263 e. The first-order chi connectivity index (χ1) is 8.20. The zero-order chi connectivity index (χ0) is 12.4. The number of fused-ring (bicyclic) bond motifs is 1. The number of amides is 2. The maximum atomic E-state index is 12.1. The summed E-state index contributed by atoms with van der Waals surface area (Å²) >= 11 is 0. The van der Waals surface area contributed by atoms with E-state index < -0.39 is 0 Å². The molecule has 1 aliphatic rings. The van der Waals surface area contributed by atoms with Crippen molar-refractivity contribution in [3.8, 4) is 0 Å². The van der Waals surface area contributed by atoms with E-state index in [1.807, 2.05) is 6.92 Å². The van der Waals surface area contributed by atoms with Crippen LogP contribution in [-0.4, -0.2) is 39.5 Å². The number of nitrogens with zero attached hydrogens (tertiary/aromatic N) is 2. The van der Waals surface area contributed by atoms with Gasteiger partial charge < -0.3 is 5.11 Å². The molecule has 17 heavy (non-hydrogen) atoms. The van der Waals surface area contributed by atoms with Crippen molar-refractivity contribution in [2.75, 3.05) is 6.61 Å². The molecule has 1 aliphatic heterocycles. The molecule has 0 saturated heterocycles. The second-order valence-corrected chi connectivity index (χ2v) is 3.98. The molecule has 1 unspecified atom stereocenters. The highest BCUT2D eigenvalue weighted by Crippen LogP contribution is 2.25. The van der Waals surface area contributed by atoms with Gasteiger partial charge in [-0.1, -0.05) is 6.92 Å². The third-order valence-corrected chi connectivity index (χ3v) is 3.02. The van der Waals surface area contributed by atoms with Gasteiger partial charge in [-0.25, -0.2) is 0 Å². The van der Waals surface area contributed by atoms with E-state index in [0.29, 0.717) is 24.0 Å². The fourth-order valence-corrected chi connectivity index (χ4v) is 2.10. The minimum atomic E-state index is -0.307. The summed E-state index contributed by atoms with van der Waals surface area (Å²) in [6, 6.07) is 1.31. The first-order valence-corrected chi connectivity index (χ1v) is 5.63. The molecule has 1 atom stereocenters. The Bertz CT molecular complexity index is 424. The van der Waals surface area contributed by atoms with Gasteiger partial charge in [0.25, 0.3) is 11.8 Å². The number of carbonyl (C=O) groups is 2. The van der Waals surface area contributed by atoms with Crippen molar-refractivity contribution >= 4 is 11.8 Å². The van der Waals surface area contributed by atoms with Crippen molar-refractivity contribution in [2.24, 2.45) is 0 Å². The zero-order valence-corrected chi connectivity index (χ0v) is 9.59. The molecule has 90 valence electrons. The van der Waals surface area contributed by atoms with E-state index in [1.54, 1.807) is 6.07 Å². The van der Waals surface area contributed by atoms with Crippen molar-refractivity contribution in [3.63, 3.8) is 0 Å². The number of hydrogen-bond donors (Lipinski definition) is 1. The van der Waals surface area contributed by atoms with E-state index in [-0.39, 0.29) is 24.5 Å². The number of aliphatic hydroxyl groups excluding tert-OH is 1.